The minimum absolute atomic E-state index is 0.0805. The minimum Gasteiger partial charge on any atom is -0.478 e. The first-order valence-electron chi connectivity index (χ1n) is 13.6. The van der Waals surface area contributed by atoms with Crippen molar-refractivity contribution in [3.63, 3.8) is 0 Å². The van der Waals surface area contributed by atoms with E-state index in [9.17, 15) is 29.1 Å². The zero-order valence-electron chi connectivity index (χ0n) is 23.3. The van der Waals surface area contributed by atoms with Gasteiger partial charge in [0.2, 0.25) is 0 Å². The van der Waals surface area contributed by atoms with Crippen molar-refractivity contribution in [2.45, 2.75) is 26.4 Å². The van der Waals surface area contributed by atoms with Crippen LogP contribution in [0.25, 0.3) is 32.7 Å². The molecule has 0 spiro atoms. The lowest BCUT2D eigenvalue weighted by Gasteiger charge is -2.13. The Balaban J connectivity index is 1.39. The number of aryl methyl sites for hydroxylation is 1. The molecule has 0 saturated carbocycles. The molecule has 0 radical (unpaired) electrons. The summed E-state index contributed by atoms with van der Waals surface area (Å²) in [6, 6.07) is 22.3. The number of benzene rings is 3. The maximum atomic E-state index is 13.8. The monoisotopic (exact) mass is 608 g/mol. The second-order valence-corrected chi connectivity index (χ2v) is 11.1. The van der Waals surface area contributed by atoms with Gasteiger partial charge in [-0.1, -0.05) is 78.8 Å². The van der Waals surface area contributed by atoms with Crippen LogP contribution in [0.5, 0.6) is 0 Å². The summed E-state index contributed by atoms with van der Waals surface area (Å²) in [5.74, 6) is -2.29. The van der Waals surface area contributed by atoms with Gasteiger partial charge in [0.25, 0.3) is 5.56 Å². The summed E-state index contributed by atoms with van der Waals surface area (Å²) >= 11 is 1.35. The number of nitrogens with one attached hydrogen (secondary N) is 1. The van der Waals surface area contributed by atoms with Crippen LogP contribution in [0.15, 0.2) is 97.8 Å². The van der Waals surface area contributed by atoms with Crippen molar-refractivity contribution in [1.29, 1.82) is 0 Å². The first kappa shape index (κ1) is 28.5. The fourth-order valence-corrected chi connectivity index (χ4v) is 6.18. The summed E-state index contributed by atoms with van der Waals surface area (Å²) < 4.78 is 7.02. The highest BCUT2D eigenvalue weighted by molar-refractivity contribution is 7.18. The quantitative estimate of drug-likeness (QED) is 0.228. The minimum atomic E-state index is -1.28. The van der Waals surface area contributed by atoms with Gasteiger partial charge in [-0.25, -0.2) is 14.4 Å². The Morgan fingerprint density at radius 3 is 2.25 bits per heavy atom. The Bertz CT molecular complexity index is 2240. The number of hydrogen-bond donors (Lipinski definition) is 2. The molecule has 0 unspecified atom stereocenters. The van der Waals surface area contributed by atoms with E-state index in [1.54, 1.807) is 6.07 Å². The smallest absolute Gasteiger partial charge is 0.439 e. The number of rotatable bonds is 9. The Kier molecular flexibility index (Phi) is 7.50. The summed E-state index contributed by atoms with van der Waals surface area (Å²) in [5.41, 5.74) is 1.54. The van der Waals surface area contributed by atoms with Crippen molar-refractivity contribution in [1.82, 2.24) is 19.3 Å². The van der Waals surface area contributed by atoms with E-state index in [0.717, 1.165) is 26.1 Å². The normalized spacial score (nSPS) is 11.2. The Hall–Kier alpha value is -5.62. The van der Waals surface area contributed by atoms with Gasteiger partial charge in [-0.3, -0.25) is 28.2 Å². The molecule has 0 saturated heterocycles. The number of nitrogens with zero attached hydrogens (tertiary/aromatic N) is 3. The van der Waals surface area contributed by atoms with Crippen molar-refractivity contribution in [3.05, 3.63) is 132 Å². The van der Waals surface area contributed by atoms with Crippen molar-refractivity contribution in [2.75, 3.05) is 0 Å². The van der Waals surface area contributed by atoms with Gasteiger partial charge < -0.3 is 5.11 Å². The van der Waals surface area contributed by atoms with Crippen LogP contribution in [0.3, 0.4) is 0 Å². The number of aromatic amines is 1. The number of ketones is 1. The molecule has 11 nitrogen and oxygen atoms in total. The van der Waals surface area contributed by atoms with Crippen molar-refractivity contribution in [2.24, 2.45) is 0 Å². The number of carbonyl (C=O) groups is 2. The highest BCUT2D eigenvalue weighted by Gasteiger charge is 2.22. The lowest BCUT2D eigenvalue weighted by atomic mass is 9.98. The number of fused-ring (bicyclic) bond motifs is 1. The lowest BCUT2D eigenvalue weighted by molar-refractivity contribution is 0.0691. The molecule has 12 heteroatoms. The molecule has 44 heavy (non-hydrogen) atoms. The highest BCUT2D eigenvalue weighted by Crippen LogP contribution is 2.30. The number of Topliss-reactive ketones (excluding diaryl/α,β-unsaturated/α-hetero) is 1. The van der Waals surface area contributed by atoms with Crippen LogP contribution in [-0.4, -0.2) is 36.1 Å². The number of carboxylic acids is 1. The first-order valence-corrected chi connectivity index (χ1v) is 14.4. The maximum absolute atomic E-state index is 13.8. The molecule has 0 bridgehead atoms. The van der Waals surface area contributed by atoms with Gasteiger partial charge in [0.1, 0.15) is 4.83 Å². The lowest BCUT2D eigenvalue weighted by Crippen LogP contribution is -2.41. The molecule has 0 fully saturated rings. The maximum Gasteiger partial charge on any atom is 0.439 e. The second kappa shape index (κ2) is 11.6. The number of carbonyl (C=O) groups excluding carboxylic acids is 1. The van der Waals surface area contributed by atoms with E-state index < -0.39 is 35.3 Å². The van der Waals surface area contributed by atoms with E-state index in [1.165, 1.54) is 40.2 Å². The fraction of sp³-hybridized carbons (Fsp3) is 0.125. The summed E-state index contributed by atoms with van der Waals surface area (Å²) in [6.07, 6.45) is 0.656. The zero-order valence-corrected chi connectivity index (χ0v) is 24.1. The van der Waals surface area contributed by atoms with E-state index in [0.29, 0.717) is 28.0 Å². The molecule has 6 aromatic rings. The Labute approximate surface area is 252 Å². The van der Waals surface area contributed by atoms with Crippen molar-refractivity contribution in [3.8, 4) is 22.5 Å². The number of aromatic nitrogens is 4. The van der Waals surface area contributed by atoms with Crippen LogP contribution in [0.4, 0.5) is 0 Å². The molecule has 0 aliphatic rings. The summed E-state index contributed by atoms with van der Waals surface area (Å²) in [7, 11) is 0. The zero-order chi connectivity index (χ0) is 31.0. The molecule has 6 rings (SSSR count). The molecule has 3 aromatic heterocycles. The van der Waals surface area contributed by atoms with Crippen molar-refractivity contribution < 1.29 is 19.2 Å². The predicted molar refractivity (Wildman–Crippen MR) is 165 cm³/mol. The number of H-pyrrole nitrogens is 1. The fourth-order valence-electron chi connectivity index (χ4n) is 5.10. The average molecular weight is 609 g/mol. The molecular weight excluding hydrogens is 584 g/mol. The molecular formula is C32H24N4O7S. The molecule has 0 atom stereocenters. The van der Waals surface area contributed by atoms with Crippen LogP contribution in [0.1, 0.15) is 38.1 Å². The van der Waals surface area contributed by atoms with Crippen LogP contribution in [0.2, 0.25) is 0 Å². The average Bonchev–Trinajstić information content (AvgIpc) is 3.68. The van der Waals surface area contributed by atoms with E-state index >= 15 is 0 Å². The van der Waals surface area contributed by atoms with Crippen LogP contribution < -0.4 is 17.0 Å². The molecule has 3 heterocycles. The van der Waals surface area contributed by atoms with Gasteiger partial charge in [0.05, 0.1) is 24.0 Å². The SMILES string of the molecule is CCc1cc2c(=O)n(CC(=O)c3ccccc3C(=O)O)c(=O)n(Cc3ccc(-c4ccccc4-c4noc(=O)[nH]4)cc3)c2s1. The van der Waals surface area contributed by atoms with Crippen molar-refractivity contribution >= 4 is 33.3 Å². The van der Waals surface area contributed by atoms with Gasteiger partial charge in [0.15, 0.2) is 11.6 Å². The molecule has 0 amide bonds. The largest absolute Gasteiger partial charge is 0.478 e. The molecule has 0 aliphatic heterocycles. The van der Waals surface area contributed by atoms with Crippen LogP contribution >= 0.6 is 11.3 Å². The van der Waals surface area contributed by atoms with Crippen LogP contribution in [0, 0.1) is 0 Å². The van der Waals surface area contributed by atoms with E-state index in [1.807, 2.05) is 55.5 Å². The Morgan fingerprint density at radius 2 is 1.59 bits per heavy atom. The second-order valence-electron chi connectivity index (χ2n) is 10.0. The van der Waals surface area contributed by atoms with Gasteiger partial charge >= 0.3 is 17.4 Å². The predicted octanol–water partition coefficient (Wildman–Crippen LogP) is 4.43. The highest BCUT2D eigenvalue weighted by atomic mass is 32.1. The van der Waals surface area contributed by atoms with Gasteiger partial charge in [-0.15, -0.1) is 11.3 Å². The third kappa shape index (κ3) is 5.22. The Morgan fingerprint density at radius 1 is 0.909 bits per heavy atom. The third-order valence-electron chi connectivity index (χ3n) is 7.28. The molecule has 3 aromatic carbocycles. The van der Waals surface area contributed by atoms with E-state index in [2.05, 4.69) is 14.7 Å². The number of aromatic carboxylic acids is 1. The number of thiophene rings is 1. The number of hydrogen-bond acceptors (Lipinski definition) is 8. The topological polar surface area (TPSA) is 157 Å². The van der Waals surface area contributed by atoms with E-state index in [-0.39, 0.29) is 17.7 Å². The standard InChI is InChI=1S/C32H24N4O7S/c1-2-20-15-25-28(38)35(17-26(37)22-8-4-6-10-24(22)30(39)40)32(42)36(29(25)44-20)16-18-11-13-19(14-12-18)21-7-3-5-9-23(21)27-33-31(41)43-34-27/h3-15H,2,16-17H2,1H3,(H,39,40)(H,33,34,41). The molecule has 0 aliphatic carbocycles. The van der Waals surface area contributed by atoms with Gasteiger partial charge in [-0.05, 0) is 35.2 Å². The molecule has 220 valence electrons. The summed E-state index contributed by atoms with van der Waals surface area (Å²) in [5, 5.41) is 13.6. The van der Waals surface area contributed by atoms with Gasteiger partial charge in [0, 0.05) is 16.0 Å². The van der Waals surface area contributed by atoms with Gasteiger partial charge in [-0.2, -0.15) is 0 Å². The van der Waals surface area contributed by atoms with E-state index in [4.69, 9.17) is 0 Å². The molecule has 2 N–H and O–H groups in total. The summed E-state index contributed by atoms with van der Waals surface area (Å²) in [4.78, 5) is 67.7. The number of carboxylic acid groups (broad SMARTS) is 1. The van der Waals surface area contributed by atoms with Crippen LogP contribution in [-0.2, 0) is 19.5 Å². The third-order valence-corrected chi connectivity index (χ3v) is 8.58. The summed E-state index contributed by atoms with van der Waals surface area (Å²) in [6.45, 7) is 1.47. The first-order chi connectivity index (χ1) is 21.2.